The van der Waals surface area contributed by atoms with Gasteiger partial charge < -0.3 is 5.32 Å². The van der Waals surface area contributed by atoms with Crippen LogP contribution in [0, 0.1) is 6.92 Å². The number of amides is 1. The highest BCUT2D eigenvalue weighted by Crippen LogP contribution is 2.22. The average Bonchev–Trinajstić information content (AvgIpc) is 2.30. The van der Waals surface area contributed by atoms with Gasteiger partial charge in [0.2, 0.25) is 0 Å². The molecule has 2 nitrogen and oxygen atoms in total. The van der Waals surface area contributed by atoms with Crippen LogP contribution in [-0.4, -0.2) is 12.5 Å². The number of hydrogen-bond acceptors (Lipinski definition) is 1. The minimum atomic E-state index is -0.00120. The summed E-state index contributed by atoms with van der Waals surface area (Å²) >= 11 is 0. The fraction of sp³-hybridized carbons (Fsp3) is 0.214. The van der Waals surface area contributed by atoms with Crippen molar-refractivity contribution in [2.24, 2.45) is 0 Å². The highest BCUT2D eigenvalue weighted by atomic mass is 16.1. The van der Waals surface area contributed by atoms with Crippen LogP contribution in [0.25, 0.3) is 10.8 Å². The SMILES string of the molecule is CCNC(=O)c1ccc(C)c2ccccc12. The monoisotopic (exact) mass is 213 g/mol. The summed E-state index contributed by atoms with van der Waals surface area (Å²) in [6.45, 7) is 4.64. The summed E-state index contributed by atoms with van der Waals surface area (Å²) in [6, 6.07) is 11.9. The summed E-state index contributed by atoms with van der Waals surface area (Å²) in [5, 5.41) is 5.00. The largest absolute Gasteiger partial charge is 0.352 e. The Morgan fingerprint density at radius 3 is 2.50 bits per heavy atom. The molecule has 0 aromatic heterocycles. The van der Waals surface area contributed by atoms with Crippen LogP contribution < -0.4 is 5.32 Å². The molecule has 0 aliphatic carbocycles. The van der Waals surface area contributed by atoms with E-state index >= 15 is 0 Å². The van der Waals surface area contributed by atoms with Crippen LogP contribution in [0.15, 0.2) is 36.4 Å². The summed E-state index contributed by atoms with van der Waals surface area (Å²) in [5.74, 6) is -0.00120. The Kier molecular flexibility index (Phi) is 2.91. The van der Waals surface area contributed by atoms with Gasteiger partial charge in [-0.25, -0.2) is 0 Å². The summed E-state index contributed by atoms with van der Waals surface area (Å²) < 4.78 is 0. The van der Waals surface area contributed by atoms with Crippen LogP contribution in [0.2, 0.25) is 0 Å². The molecule has 2 rings (SSSR count). The van der Waals surface area contributed by atoms with Gasteiger partial charge in [0.15, 0.2) is 0 Å². The predicted molar refractivity (Wildman–Crippen MR) is 66.7 cm³/mol. The molecule has 0 bridgehead atoms. The van der Waals surface area contributed by atoms with Gasteiger partial charge in [-0.15, -0.1) is 0 Å². The van der Waals surface area contributed by atoms with Crippen molar-refractivity contribution in [3.63, 3.8) is 0 Å². The van der Waals surface area contributed by atoms with E-state index in [1.807, 2.05) is 43.3 Å². The van der Waals surface area contributed by atoms with Crippen molar-refractivity contribution in [1.29, 1.82) is 0 Å². The average molecular weight is 213 g/mol. The molecule has 1 N–H and O–H groups in total. The standard InChI is InChI=1S/C14H15NO/c1-3-15-14(16)13-9-8-10(2)11-6-4-5-7-12(11)13/h4-9H,3H2,1-2H3,(H,15,16). The number of carbonyl (C=O) groups excluding carboxylic acids is 1. The maximum atomic E-state index is 11.9. The van der Waals surface area contributed by atoms with Gasteiger partial charge in [0.05, 0.1) is 0 Å². The Hall–Kier alpha value is -1.83. The molecule has 0 unspecified atom stereocenters. The highest BCUT2D eigenvalue weighted by Gasteiger charge is 2.09. The van der Waals surface area contributed by atoms with Crippen molar-refractivity contribution in [1.82, 2.24) is 5.32 Å². The Bertz CT molecular complexity index is 531. The molecule has 2 aromatic rings. The van der Waals surface area contributed by atoms with Crippen molar-refractivity contribution in [3.05, 3.63) is 47.5 Å². The number of nitrogens with one attached hydrogen (secondary N) is 1. The molecule has 0 atom stereocenters. The van der Waals surface area contributed by atoms with Crippen LogP contribution in [0.1, 0.15) is 22.8 Å². The molecule has 0 heterocycles. The molecule has 0 radical (unpaired) electrons. The van der Waals surface area contributed by atoms with E-state index in [1.54, 1.807) is 0 Å². The van der Waals surface area contributed by atoms with Crippen molar-refractivity contribution in [2.75, 3.05) is 6.54 Å². The molecule has 16 heavy (non-hydrogen) atoms. The maximum Gasteiger partial charge on any atom is 0.251 e. The second-order valence-corrected chi connectivity index (χ2v) is 3.84. The molecule has 0 aliphatic rings. The van der Waals surface area contributed by atoms with E-state index in [9.17, 15) is 4.79 Å². The van der Waals surface area contributed by atoms with E-state index < -0.39 is 0 Å². The first kappa shape index (κ1) is 10.7. The second-order valence-electron chi connectivity index (χ2n) is 3.84. The summed E-state index contributed by atoms with van der Waals surface area (Å²) in [6.07, 6.45) is 0. The van der Waals surface area contributed by atoms with Crippen LogP contribution in [0.3, 0.4) is 0 Å². The van der Waals surface area contributed by atoms with Gasteiger partial charge in [-0.1, -0.05) is 30.3 Å². The third-order valence-electron chi connectivity index (χ3n) is 2.72. The quantitative estimate of drug-likeness (QED) is 0.816. The first-order chi connectivity index (χ1) is 7.74. The Morgan fingerprint density at radius 1 is 1.12 bits per heavy atom. The van der Waals surface area contributed by atoms with Gasteiger partial charge in [0, 0.05) is 12.1 Å². The number of rotatable bonds is 2. The van der Waals surface area contributed by atoms with Crippen LogP contribution in [0.5, 0.6) is 0 Å². The minimum Gasteiger partial charge on any atom is -0.352 e. The fourth-order valence-corrected chi connectivity index (χ4v) is 1.90. The third kappa shape index (κ3) is 1.78. The van der Waals surface area contributed by atoms with E-state index in [0.717, 1.165) is 16.3 Å². The molecule has 0 saturated heterocycles. The van der Waals surface area contributed by atoms with E-state index in [2.05, 4.69) is 12.2 Å². The van der Waals surface area contributed by atoms with Crippen molar-refractivity contribution < 1.29 is 4.79 Å². The lowest BCUT2D eigenvalue weighted by Crippen LogP contribution is -2.22. The number of hydrogen-bond donors (Lipinski definition) is 1. The van der Waals surface area contributed by atoms with Gasteiger partial charge in [-0.05, 0) is 36.2 Å². The van der Waals surface area contributed by atoms with Gasteiger partial charge in [0.1, 0.15) is 0 Å². The van der Waals surface area contributed by atoms with E-state index in [1.165, 1.54) is 5.56 Å². The van der Waals surface area contributed by atoms with Crippen molar-refractivity contribution in [3.8, 4) is 0 Å². The highest BCUT2D eigenvalue weighted by molar-refractivity contribution is 6.07. The normalized spacial score (nSPS) is 10.4. The number of aryl methyl sites for hydroxylation is 1. The molecule has 0 aliphatic heterocycles. The fourth-order valence-electron chi connectivity index (χ4n) is 1.90. The zero-order valence-electron chi connectivity index (χ0n) is 9.58. The van der Waals surface area contributed by atoms with Gasteiger partial charge in [-0.3, -0.25) is 4.79 Å². The van der Waals surface area contributed by atoms with Crippen LogP contribution in [-0.2, 0) is 0 Å². The van der Waals surface area contributed by atoms with E-state index in [-0.39, 0.29) is 5.91 Å². The van der Waals surface area contributed by atoms with E-state index in [0.29, 0.717) is 6.54 Å². The molecule has 2 heteroatoms. The molecule has 82 valence electrons. The molecular formula is C14H15NO. The number of carbonyl (C=O) groups is 1. The van der Waals surface area contributed by atoms with Gasteiger partial charge >= 0.3 is 0 Å². The lowest BCUT2D eigenvalue weighted by Gasteiger charge is -2.08. The predicted octanol–water partition coefficient (Wildman–Crippen LogP) is 2.90. The zero-order chi connectivity index (χ0) is 11.5. The molecule has 1 amide bonds. The second kappa shape index (κ2) is 4.35. The first-order valence-corrected chi connectivity index (χ1v) is 5.50. The molecular weight excluding hydrogens is 198 g/mol. The van der Waals surface area contributed by atoms with Crippen molar-refractivity contribution >= 4 is 16.7 Å². The molecule has 2 aromatic carbocycles. The molecule has 0 spiro atoms. The Labute approximate surface area is 95.3 Å². The van der Waals surface area contributed by atoms with Gasteiger partial charge in [-0.2, -0.15) is 0 Å². The smallest absolute Gasteiger partial charge is 0.251 e. The summed E-state index contributed by atoms with van der Waals surface area (Å²) in [5.41, 5.74) is 1.95. The van der Waals surface area contributed by atoms with Gasteiger partial charge in [0.25, 0.3) is 5.91 Å². The third-order valence-corrected chi connectivity index (χ3v) is 2.72. The lowest BCUT2D eigenvalue weighted by atomic mass is 10.00. The van der Waals surface area contributed by atoms with Crippen LogP contribution in [0.4, 0.5) is 0 Å². The Balaban J connectivity index is 2.63. The van der Waals surface area contributed by atoms with Crippen LogP contribution >= 0.6 is 0 Å². The number of fused-ring (bicyclic) bond motifs is 1. The minimum absolute atomic E-state index is 0.00120. The maximum absolute atomic E-state index is 11.9. The summed E-state index contributed by atoms with van der Waals surface area (Å²) in [7, 11) is 0. The summed E-state index contributed by atoms with van der Waals surface area (Å²) in [4.78, 5) is 11.9. The van der Waals surface area contributed by atoms with Crippen molar-refractivity contribution in [2.45, 2.75) is 13.8 Å². The first-order valence-electron chi connectivity index (χ1n) is 5.50. The Morgan fingerprint density at radius 2 is 1.81 bits per heavy atom. The zero-order valence-corrected chi connectivity index (χ0v) is 9.58. The topological polar surface area (TPSA) is 29.1 Å². The molecule has 0 saturated carbocycles. The van der Waals surface area contributed by atoms with E-state index in [4.69, 9.17) is 0 Å². The number of benzene rings is 2. The molecule has 0 fully saturated rings. The lowest BCUT2D eigenvalue weighted by molar-refractivity contribution is 0.0957.